The normalized spacial score (nSPS) is 21.6. The van der Waals surface area contributed by atoms with Gasteiger partial charge in [-0.15, -0.1) is 0 Å². The van der Waals surface area contributed by atoms with E-state index < -0.39 is 0 Å². The molecule has 2 heterocycles. The van der Waals surface area contributed by atoms with E-state index in [1.54, 1.807) is 0 Å². The molecule has 4 nitrogen and oxygen atoms in total. The molecule has 1 aliphatic rings. The summed E-state index contributed by atoms with van der Waals surface area (Å²) in [5, 5.41) is 0. The molecule has 0 aliphatic carbocycles. The van der Waals surface area contributed by atoms with Crippen LogP contribution >= 0.6 is 0 Å². The van der Waals surface area contributed by atoms with Gasteiger partial charge >= 0.3 is 0 Å². The van der Waals surface area contributed by atoms with Crippen molar-refractivity contribution in [3.05, 3.63) is 18.2 Å². The zero-order valence-electron chi connectivity index (χ0n) is 8.35. The van der Waals surface area contributed by atoms with Crippen molar-refractivity contribution in [1.29, 1.82) is 0 Å². The number of imidazole rings is 1. The molecule has 1 atom stereocenters. The molecule has 0 bridgehead atoms. The SMILES string of the molecule is NCCc1cncn1CC1CCCO1. The van der Waals surface area contributed by atoms with Crippen LogP contribution in [0.3, 0.4) is 0 Å². The first-order valence-electron chi connectivity index (χ1n) is 5.21. The first kappa shape index (κ1) is 9.68. The van der Waals surface area contributed by atoms with Crippen LogP contribution in [0.1, 0.15) is 18.5 Å². The number of ether oxygens (including phenoxy) is 1. The van der Waals surface area contributed by atoms with Crippen molar-refractivity contribution in [2.24, 2.45) is 5.73 Å². The molecule has 0 amide bonds. The van der Waals surface area contributed by atoms with Crippen molar-refractivity contribution in [3.8, 4) is 0 Å². The molecule has 1 saturated heterocycles. The van der Waals surface area contributed by atoms with E-state index in [-0.39, 0.29) is 0 Å². The third-order valence-electron chi connectivity index (χ3n) is 2.62. The third kappa shape index (κ3) is 2.13. The molecule has 2 N–H and O–H groups in total. The number of aromatic nitrogens is 2. The quantitative estimate of drug-likeness (QED) is 0.764. The maximum Gasteiger partial charge on any atom is 0.0949 e. The molecule has 14 heavy (non-hydrogen) atoms. The molecule has 4 heteroatoms. The lowest BCUT2D eigenvalue weighted by atomic mass is 10.2. The topological polar surface area (TPSA) is 53.1 Å². The van der Waals surface area contributed by atoms with Gasteiger partial charge in [0.25, 0.3) is 0 Å². The Morgan fingerprint density at radius 1 is 1.64 bits per heavy atom. The summed E-state index contributed by atoms with van der Waals surface area (Å²) in [5.41, 5.74) is 6.74. The second-order valence-electron chi connectivity index (χ2n) is 3.71. The number of rotatable bonds is 4. The first-order chi connectivity index (χ1) is 6.90. The average Bonchev–Trinajstić information content (AvgIpc) is 2.80. The lowest BCUT2D eigenvalue weighted by Gasteiger charge is -2.12. The Hall–Kier alpha value is -0.870. The Kier molecular flexibility index (Phi) is 3.16. The first-order valence-corrected chi connectivity index (χ1v) is 5.21. The number of hydrogen-bond donors (Lipinski definition) is 1. The Labute approximate surface area is 84.1 Å². The van der Waals surface area contributed by atoms with Gasteiger partial charge in [0.15, 0.2) is 0 Å². The Balaban J connectivity index is 1.96. The van der Waals surface area contributed by atoms with Crippen LogP contribution in [0.2, 0.25) is 0 Å². The minimum Gasteiger partial charge on any atom is -0.376 e. The minimum atomic E-state index is 0.376. The Bertz CT molecular complexity index is 279. The molecule has 0 saturated carbocycles. The predicted octanol–water partition coefficient (Wildman–Crippen LogP) is 0.563. The van der Waals surface area contributed by atoms with Crippen molar-refractivity contribution in [1.82, 2.24) is 9.55 Å². The van der Waals surface area contributed by atoms with Crippen LogP contribution in [0.5, 0.6) is 0 Å². The highest BCUT2D eigenvalue weighted by molar-refractivity contribution is 4.99. The lowest BCUT2D eigenvalue weighted by molar-refractivity contribution is 0.0963. The smallest absolute Gasteiger partial charge is 0.0949 e. The van der Waals surface area contributed by atoms with E-state index >= 15 is 0 Å². The highest BCUT2D eigenvalue weighted by atomic mass is 16.5. The fourth-order valence-corrected chi connectivity index (χ4v) is 1.88. The average molecular weight is 195 g/mol. The molecule has 1 aliphatic heterocycles. The van der Waals surface area contributed by atoms with Crippen molar-refractivity contribution in [3.63, 3.8) is 0 Å². The number of nitrogens with two attached hydrogens (primary N) is 1. The number of hydrogen-bond acceptors (Lipinski definition) is 3. The second kappa shape index (κ2) is 4.57. The summed E-state index contributed by atoms with van der Waals surface area (Å²) in [7, 11) is 0. The van der Waals surface area contributed by atoms with Crippen molar-refractivity contribution in [2.45, 2.75) is 31.9 Å². The van der Waals surface area contributed by atoms with Gasteiger partial charge in [0.05, 0.1) is 19.0 Å². The van der Waals surface area contributed by atoms with Gasteiger partial charge in [-0.25, -0.2) is 4.98 Å². The van der Waals surface area contributed by atoms with E-state index in [0.29, 0.717) is 12.6 Å². The van der Waals surface area contributed by atoms with Crippen molar-refractivity contribution in [2.75, 3.05) is 13.2 Å². The van der Waals surface area contributed by atoms with E-state index in [1.807, 2.05) is 12.5 Å². The largest absolute Gasteiger partial charge is 0.376 e. The molecule has 2 rings (SSSR count). The molecule has 0 radical (unpaired) electrons. The van der Waals surface area contributed by atoms with Crippen LogP contribution < -0.4 is 5.73 Å². The molecular weight excluding hydrogens is 178 g/mol. The van der Waals surface area contributed by atoms with Gasteiger partial charge in [-0.3, -0.25) is 0 Å². The zero-order chi connectivity index (χ0) is 9.80. The molecule has 1 aromatic rings. The second-order valence-corrected chi connectivity index (χ2v) is 3.71. The summed E-state index contributed by atoms with van der Waals surface area (Å²) in [6.45, 7) is 2.51. The maximum absolute atomic E-state index is 5.58. The van der Waals surface area contributed by atoms with E-state index in [0.717, 1.165) is 19.6 Å². The summed E-state index contributed by atoms with van der Waals surface area (Å²) in [5.74, 6) is 0. The van der Waals surface area contributed by atoms with E-state index in [9.17, 15) is 0 Å². The molecule has 0 spiro atoms. The standard InChI is InChI=1S/C10H17N3O/c11-4-3-9-6-12-8-13(9)7-10-2-1-5-14-10/h6,8,10H,1-5,7,11H2. The Morgan fingerprint density at radius 3 is 3.29 bits per heavy atom. The number of nitrogens with zero attached hydrogens (tertiary/aromatic N) is 2. The summed E-state index contributed by atoms with van der Waals surface area (Å²) in [4.78, 5) is 4.13. The van der Waals surface area contributed by atoms with E-state index in [4.69, 9.17) is 10.5 Å². The molecule has 78 valence electrons. The van der Waals surface area contributed by atoms with Gasteiger partial charge in [0.1, 0.15) is 0 Å². The predicted molar refractivity (Wildman–Crippen MR) is 54.0 cm³/mol. The fourth-order valence-electron chi connectivity index (χ4n) is 1.88. The maximum atomic E-state index is 5.58. The van der Waals surface area contributed by atoms with Crippen molar-refractivity contribution < 1.29 is 4.74 Å². The van der Waals surface area contributed by atoms with Gasteiger partial charge in [0, 0.05) is 24.9 Å². The van der Waals surface area contributed by atoms with Gasteiger partial charge in [-0.2, -0.15) is 0 Å². The lowest BCUT2D eigenvalue weighted by Crippen LogP contribution is -2.17. The van der Waals surface area contributed by atoms with Gasteiger partial charge in [0.2, 0.25) is 0 Å². The molecule has 0 aromatic carbocycles. The van der Waals surface area contributed by atoms with Crippen LogP contribution in [0, 0.1) is 0 Å². The van der Waals surface area contributed by atoms with Gasteiger partial charge < -0.3 is 15.0 Å². The summed E-state index contributed by atoms with van der Waals surface area (Å²) in [6, 6.07) is 0. The van der Waals surface area contributed by atoms with Gasteiger partial charge in [-0.1, -0.05) is 0 Å². The van der Waals surface area contributed by atoms with Crippen LogP contribution in [0.25, 0.3) is 0 Å². The molecular formula is C10H17N3O. The van der Waals surface area contributed by atoms with Crippen LogP contribution in [-0.2, 0) is 17.7 Å². The van der Waals surface area contributed by atoms with Crippen LogP contribution in [-0.4, -0.2) is 28.8 Å². The monoisotopic (exact) mass is 195 g/mol. The van der Waals surface area contributed by atoms with Crippen LogP contribution in [0.15, 0.2) is 12.5 Å². The minimum absolute atomic E-state index is 0.376. The zero-order valence-corrected chi connectivity index (χ0v) is 8.35. The van der Waals surface area contributed by atoms with Crippen LogP contribution in [0.4, 0.5) is 0 Å². The highest BCUT2D eigenvalue weighted by Crippen LogP contribution is 2.14. The highest BCUT2D eigenvalue weighted by Gasteiger charge is 2.16. The van der Waals surface area contributed by atoms with E-state index in [1.165, 1.54) is 18.5 Å². The fraction of sp³-hybridized carbons (Fsp3) is 0.700. The summed E-state index contributed by atoms with van der Waals surface area (Å²) >= 11 is 0. The van der Waals surface area contributed by atoms with Gasteiger partial charge in [-0.05, 0) is 19.4 Å². The third-order valence-corrected chi connectivity index (χ3v) is 2.62. The molecule has 1 aromatic heterocycles. The van der Waals surface area contributed by atoms with E-state index in [2.05, 4.69) is 9.55 Å². The molecule has 1 unspecified atom stereocenters. The molecule has 1 fully saturated rings. The summed E-state index contributed by atoms with van der Waals surface area (Å²) in [6.07, 6.45) is 7.38. The summed E-state index contributed by atoms with van der Waals surface area (Å²) < 4.78 is 7.74. The Morgan fingerprint density at radius 2 is 2.57 bits per heavy atom. The van der Waals surface area contributed by atoms with Crippen molar-refractivity contribution >= 4 is 0 Å².